The molecule has 0 aliphatic carbocycles. The highest BCUT2D eigenvalue weighted by Crippen LogP contribution is 2.39. The quantitative estimate of drug-likeness (QED) is 0.116. The molecule has 2 aliphatic rings. The van der Waals surface area contributed by atoms with Crippen LogP contribution in [-0.4, -0.2) is 48.8 Å². The number of carbonyl (C=O) groups is 1. The van der Waals surface area contributed by atoms with E-state index in [1.54, 1.807) is 6.92 Å². The van der Waals surface area contributed by atoms with Gasteiger partial charge in [-0.05, 0) is 51.5 Å². The summed E-state index contributed by atoms with van der Waals surface area (Å²) in [4.78, 5) is 17.1. The molecule has 0 unspecified atom stereocenters. The highest BCUT2D eigenvalue weighted by atomic mass is 19.1. The maximum absolute atomic E-state index is 13.0. The lowest BCUT2D eigenvalue weighted by Crippen LogP contribution is -2.34. The lowest BCUT2D eigenvalue weighted by atomic mass is 10.1. The van der Waals surface area contributed by atoms with Crippen molar-refractivity contribution in [1.82, 2.24) is 0 Å². The molecule has 9 heteroatoms. The Bertz CT molecular complexity index is 863. The molecule has 0 saturated carbocycles. The summed E-state index contributed by atoms with van der Waals surface area (Å²) in [6.07, 6.45) is 9.77. The van der Waals surface area contributed by atoms with Crippen molar-refractivity contribution in [3.63, 3.8) is 0 Å². The third-order valence-corrected chi connectivity index (χ3v) is 6.57. The highest BCUT2D eigenvalue weighted by molar-refractivity contribution is 5.89. The van der Waals surface area contributed by atoms with E-state index in [-0.39, 0.29) is 0 Å². The molecule has 0 aromatic heterocycles. The lowest BCUT2D eigenvalue weighted by Gasteiger charge is -2.24. The average molecular weight is 523 g/mol. The van der Waals surface area contributed by atoms with E-state index in [0.29, 0.717) is 18.0 Å². The maximum Gasteiger partial charge on any atom is 0.437 e. The van der Waals surface area contributed by atoms with Gasteiger partial charge in [-0.15, -0.1) is 0 Å². The standard InChI is InChI=1S/C28H43FN2O6/c1-5-6-7-8-9-10-11-12-13-14-19-33-26-25-24(35-28(3,4)36-25)23(34-26)20(2)31-37-27(32)30-22-17-15-21(29)16-18-22/h15-18,23-26H,5-14,19H2,1-4H3,(H,30,32)/b31-20-/t23-,24+,25+,26+/m1/s1. The maximum atomic E-state index is 13.0. The van der Waals surface area contributed by atoms with Crippen LogP contribution in [0.4, 0.5) is 14.9 Å². The minimum atomic E-state index is -0.793. The van der Waals surface area contributed by atoms with Gasteiger partial charge in [0.15, 0.2) is 12.1 Å². The molecule has 2 saturated heterocycles. The number of oxime groups is 1. The van der Waals surface area contributed by atoms with Crippen molar-refractivity contribution in [2.75, 3.05) is 11.9 Å². The number of amides is 1. The van der Waals surface area contributed by atoms with Crippen molar-refractivity contribution in [1.29, 1.82) is 0 Å². The zero-order chi connectivity index (χ0) is 26.7. The molecule has 1 N–H and O–H groups in total. The van der Waals surface area contributed by atoms with E-state index in [9.17, 15) is 9.18 Å². The van der Waals surface area contributed by atoms with Crippen LogP contribution >= 0.6 is 0 Å². The SMILES string of the molecule is CCCCCCCCCCCCO[C@H]1O[C@H](/C(C)=N\OC(=O)Nc2ccc(F)cc2)[C@@H]2OC(C)(C)O[C@H]12. The summed E-state index contributed by atoms with van der Waals surface area (Å²) in [5.74, 6) is -1.18. The van der Waals surface area contributed by atoms with Crippen LogP contribution in [-0.2, 0) is 23.8 Å². The first kappa shape index (κ1) is 29.5. The van der Waals surface area contributed by atoms with Gasteiger partial charge in [-0.2, -0.15) is 0 Å². The minimum Gasteiger partial charge on any atom is -0.350 e. The molecule has 208 valence electrons. The summed E-state index contributed by atoms with van der Waals surface area (Å²) in [5.41, 5.74) is 0.821. The van der Waals surface area contributed by atoms with Crippen LogP contribution in [0.1, 0.15) is 91.9 Å². The summed E-state index contributed by atoms with van der Waals surface area (Å²) >= 11 is 0. The van der Waals surface area contributed by atoms with Gasteiger partial charge < -0.3 is 18.9 Å². The van der Waals surface area contributed by atoms with Crippen LogP contribution in [0.15, 0.2) is 29.4 Å². The van der Waals surface area contributed by atoms with Crippen molar-refractivity contribution in [2.24, 2.45) is 5.16 Å². The summed E-state index contributed by atoms with van der Waals surface area (Å²) < 4.78 is 37.3. The minimum absolute atomic E-state index is 0.395. The Labute approximate surface area is 220 Å². The largest absolute Gasteiger partial charge is 0.437 e. The van der Waals surface area contributed by atoms with Crippen molar-refractivity contribution in [3.05, 3.63) is 30.1 Å². The zero-order valence-corrected chi connectivity index (χ0v) is 22.7. The number of carbonyl (C=O) groups excluding carboxylic acids is 1. The van der Waals surface area contributed by atoms with E-state index in [1.807, 2.05) is 13.8 Å². The van der Waals surface area contributed by atoms with E-state index in [2.05, 4.69) is 17.4 Å². The van der Waals surface area contributed by atoms with Crippen LogP contribution in [0, 0.1) is 5.82 Å². The fraction of sp³-hybridized carbons (Fsp3) is 0.714. The van der Waals surface area contributed by atoms with Gasteiger partial charge >= 0.3 is 6.09 Å². The number of halogens is 1. The molecule has 4 atom stereocenters. The van der Waals surface area contributed by atoms with Crippen molar-refractivity contribution in [2.45, 2.75) is 122 Å². The second-order valence-electron chi connectivity index (χ2n) is 10.3. The van der Waals surface area contributed by atoms with Gasteiger partial charge in [-0.1, -0.05) is 69.9 Å². The summed E-state index contributed by atoms with van der Waals surface area (Å²) in [5, 5.41) is 6.43. The van der Waals surface area contributed by atoms with E-state index in [0.717, 1.165) is 12.8 Å². The van der Waals surface area contributed by atoms with Crippen LogP contribution in [0.5, 0.6) is 0 Å². The zero-order valence-electron chi connectivity index (χ0n) is 22.7. The molecule has 0 bridgehead atoms. The molecule has 1 amide bonds. The van der Waals surface area contributed by atoms with Gasteiger partial charge in [0.1, 0.15) is 24.1 Å². The molecular formula is C28H43FN2O6. The number of hydrogen-bond acceptors (Lipinski definition) is 7. The van der Waals surface area contributed by atoms with Crippen LogP contribution in [0.2, 0.25) is 0 Å². The number of anilines is 1. The highest BCUT2D eigenvalue weighted by Gasteiger charge is 2.56. The van der Waals surface area contributed by atoms with Gasteiger partial charge in [-0.25, -0.2) is 9.18 Å². The number of ether oxygens (including phenoxy) is 4. The first-order chi connectivity index (χ1) is 17.8. The molecule has 2 aliphatic heterocycles. The Kier molecular flexibility index (Phi) is 11.8. The van der Waals surface area contributed by atoms with E-state index in [4.69, 9.17) is 23.8 Å². The summed E-state index contributed by atoms with van der Waals surface area (Å²) in [7, 11) is 0. The number of benzene rings is 1. The fourth-order valence-corrected chi connectivity index (χ4v) is 4.66. The van der Waals surface area contributed by atoms with Crippen LogP contribution in [0.25, 0.3) is 0 Å². The monoisotopic (exact) mass is 522 g/mol. The van der Waals surface area contributed by atoms with E-state index < -0.39 is 42.3 Å². The van der Waals surface area contributed by atoms with Crippen molar-refractivity contribution < 1.29 is 33.0 Å². The predicted octanol–water partition coefficient (Wildman–Crippen LogP) is 6.93. The topological polar surface area (TPSA) is 87.6 Å². The molecule has 0 spiro atoms. The Hall–Kier alpha value is -2.07. The summed E-state index contributed by atoms with van der Waals surface area (Å²) in [6.45, 7) is 8.22. The normalized spacial score (nSPS) is 24.7. The molecular weight excluding hydrogens is 479 g/mol. The predicted molar refractivity (Wildman–Crippen MR) is 140 cm³/mol. The smallest absolute Gasteiger partial charge is 0.350 e. The Morgan fingerprint density at radius 1 is 0.973 bits per heavy atom. The van der Waals surface area contributed by atoms with Gasteiger partial charge in [0.05, 0.1) is 5.71 Å². The average Bonchev–Trinajstić information content (AvgIpc) is 3.35. The molecule has 3 rings (SSSR count). The molecule has 1 aromatic rings. The molecule has 0 radical (unpaired) electrons. The Morgan fingerprint density at radius 2 is 1.57 bits per heavy atom. The lowest BCUT2D eigenvalue weighted by molar-refractivity contribution is -0.226. The molecule has 37 heavy (non-hydrogen) atoms. The van der Waals surface area contributed by atoms with Crippen LogP contribution in [0.3, 0.4) is 0 Å². The number of rotatable bonds is 15. The number of fused-ring (bicyclic) bond motifs is 1. The number of unbranched alkanes of at least 4 members (excludes halogenated alkanes) is 9. The van der Waals surface area contributed by atoms with Crippen molar-refractivity contribution in [3.8, 4) is 0 Å². The summed E-state index contributed by atoms with van der Waals surface area (Å²) in [6, 6.07) is 5.34. The van der Waals surface area contributed by atoms with E-state index >= 15 is 0 Å². The Balaban J connectivity index is 1.41. The van der Waals surface area contributed by atoms with Gasteiger partial charge in [0.2, 0.25) is 0 Å². The second kappa shape index (κ2) is 14.8. The van der Waals surface area contributed by atoms with Gasteiger partial charge in [-0.3, -0.25) is 10.2 Å². The van der Waals surface area contributed by atoms with E-state index in [1.165, 1.54) is 75.6 Å². The third kappa shape index (κ3) is 9.63. The van der Waals surface area contributed by atoms with Crippen LogP contribution < -0.4 is 5.32 Å². The second-order valence-corrected chi connectivity index (χ2v) is 10.3. The number of nitrogens with one attached hydrogen (secondary N) is 1. The number of nitrogens with zero attached hydrogens (tertiary/aromatic N) is 1. The molecule has 8 nitrogen and oxygen atoms in total. The first-order valence-electron chi connectivity index (χ1n) is 13.7. The fourth-order valence-electron chi connectivity index (χ4n) is 4.66. The third-order valence-electron chi connectivity index (χ3n) is 6.57. The number of hydrogen-bond donors (Lipinski definition) is 1. The van der Waals surface area contributed by atoms with Crippen molar-refractivity contribution >= 4 is 17.5 Å². The van der Waals surface area contributed by atoms with Gasteiger partial charge in [0, 0.05) is 12.3 Å². The first-order valence-corrected chi connectivity index (χ1v) is 13.7. The van der Waals surface area contributed by atoms with Gasteiger partial charge in [0.25, 0.3) is 0 Å². The molecule has 2 heterocycles. The molecule has 2 fully saturated rings. The molecule has 1 aromatic carbocycles. The Morgan fingerprint density at radius 3 is 2.22 bits per heavy atom.